The number of anilines is 1. The molecule has 0 aliphatic heterocycles. The zero-order valence-electron chi connectivity index (χ0n) is 8.48. The Morgan fingerprint density at radius 3 is 2.38 bits per heavy atom. The third-order valence-electron chi connectivity index (χ3n) is 2.11. The van der Waals surface area contributed by atoms with E-state index in [1.54, 1.807) is 6.92 Å². The molecule has 5 nitrogen and oxygen atoms in total. The molecule has 0 aliphatic rings. The Bertz CT molecular complexity index is 539. The van der Waals surface area contributed by atoms with Crippen LogP contribution in [0.2, 0.25) is 0 Å². The Labute approximate surface area is 97.8 Å². The van der Waals surface area contributed by atoms with Gasteiger partial charge in [0.05, 0.1) is 11.1 Å². The molecule has 80 valence electrons. The third-order valence-corrected chi connectivity index (χ3v) is 2.30. The summed E-state index contributed by atoms with van der Waals surface area (Å²) in [5, 5.41) is 26.6. The SMILES string of the molecule is CCc1c(C#N)c(N)nc(C(O)=S)c1C#N. The molecule has 0 saturated heterocycles. The molecule has 0 atom stereocenters. The van der Waals surface area contributed by atoms with E-state index >= 15 is 0 Å². The van der Waals surface area contributed by atoms with Crippen LogP contribution in [0, 0.1) is 22.7 Å². The van der Waals surface area contributed by atoms with Crippen LogP contribution in [0.25, 0.3) is 0 Å². The smallest absolute Gasteiger partial charge is 0.209 e. The lowest BCUT2D eigenvalue weighted by molar-refractivity contribution is 0.568. The van der Waals surface area contributed by atoms with E-state index in [-0.39, 0.29) is 22.6 Å². The summed E-state index contributed by atoms with van der Waals surface area (Å²) in [7, 11) is 0. The van der Waals surface area contributed by atoms with Crippen molar-refractivity contribution in [3.63, 3.8) is 0 Å². The lowest BCUT2D eigenvalue weighted by Gasteiger charge is -2.09. The van der Waals surface area contributed by atoms with Crippen LogP contribution in [0.5, 0.6) is 0 Å². The molecule has 3 N–H and O–H groups in total. The normalized spacial score (nSPS) is 9.19. The van der Waals surface area contributed by atoms with Crippen molar-refractivity contribution in [3.8, 4) is 12.1 Å². The number of nitrogens with two attached hydrogens (primary N) is 1. The van der Waals surface area contributed by atoms with Crippen LogP contribution in [0.3, 0.4) is 0 Å². The van der Waals surface area contributed by atoms with E-state index in [0.29, 0.717) is 12.0 Å². The number of hydrogen-bond acceptors (Lipinski definition) is 5. The highest BCUT2D eigenvalue weighted by molar-refractivity contribution is 7.80. The predicted octanol–water partition coefficient (Wildman–Crippen LogP) is 1.20. The fraction of sp³-hybridized carbons (Fsp3) is 0.200. The van der Waals surface area contributed by atoms with Gasteiger partial charge in [-0.05, 0) is 24.2 Å². The van der Waals surface area contributed by atoms with Gasteiger partial charge in [-0.25, -0.2) is 4.98 Å². The standard InChI is InChI=1S/C10H8N4OS/c1-2-5-6(3-11)8(10(15)16)14-9(13)7(5)4-12/h2H2,1H3,(H2,13,14)(H,15,16). The highest BCUT2D eigenvalue weighted by Gasteiger charge is 2.19. The molecule has 0 unspecified atom stereocenters. The van der Waals surface area contributed by atoms with Gasteiger partial charge in [-0.15, -0.1) is 0 Å². The van der Waals surface area contributed by atoms with Crippen molar-refractivity contribution in [1.82, 2.24) is 4.98 Å². The fourth-order valence-electron chi connectivity index (χ4n) is 1.41. The second-order valence-corrected chi connectivity index (χ2v) is 3.34. The maximum Gasteiger partial charge on any atom is 0.209 e. The molecular weight excluding hydrogens is 224 g/mol. The lowest BCUT2D eigenvalue weighted by atomic mass is 9.99. The molecule has 0 aromatic carbocycles. The van der Waals surface area contributed by atoms with Crippen LogP contribution >= 0.6 is 12.2 Å². The summed E-state index contributed by atoms with van der Waals surface area (Å²) in [5.74, 6) is -0.0234. The van der Waals surface area contributed by atoms with Crippen molar-refractivity contribution in [2.75, 3.05) is 5.73 Å². The summed E-state index contributed by atoms with van der Waals surface area (Å²) in [6.07, 6.45) is 0.439. The molecule has 0 aliphatic carbocycles. The van der Waals surface area contributed by atoms with Gasteiger partial charge in [-0.3, -0.25) is 0 Å². The highest BCUT2D eigenvalue weighted by Crippen LogP contribution is 2.22. The summed E-state index contributed by atoms with van der Waals surface area (Å²) in [6, 6.07) is 3.77. The number of rotatable bonds is 2. The molecule has 1 rings (SSSR count). The van der Waals surface area contributed by atoms with E-state index in [0.717, 1.165) is 0 Å². The van der Waals surface area contributed by atoms with E-state index in [9.17, 15) is 5.11 Å². The molecule has 0 radical (unpaired) electrons. The maximum absolute atomic E-state index is 9.22. The largest absolute Gasteiger partial charge is 0.497 e. The molecule has 6 heteroatoms. The Hall–Kier alpha value is -2.18. The number of aliphatic hydroxyl groups excluding tert-OH is 1. The molecule has 1 heterocycles. The van der Waals surface area contributed by atoms with Crippen molar-refractivity contribution in [1.29, 1.82) is 10.5 Å². The van der Waals surface area contributed by atoms with E-state index < -0.39 is 5.05 Å². The van der Waals surface area contributed by atoms with Crippen LogP contribution < -0.4 is 5.73 Å². The summed E-state index contributed by atoms with van der Waals surface area (Å²) in [4.78, 5) is 3.76. The molecule has 1 aromatic heterocycles. The summed E-state index contributed by atoms with van der Waals surface area (Å²) < 4.78 is 0. The number of thiocarbonyl (C=S) groups is 1. The number of hydrogen-bond donors (Lipinski definition) is 2. The quantitative estimate of drug-likeness (QED) is 0.742. The zero-order chi connectivity index (χ0) is 12.3. The molecule has 0 fully saturated rings. The van der Waals surface area contributed by atoms with Gasteiger partial charge in [0.25, 0.3) is 0 Å². The molecule has 1 aromatic rings. The highest BCUT2D eigenvalue weighted by atomic mass is 32.1. The minimum Gasteiger partial charge on any atom is -0.497 e. The lowest BCUT2D eigenvalue weighted by Crippen LogP contribution is -2.11. The van der Waals surface area contributed by atoms with Crippen LogP contribution in [0.15, 0.2) is 0 Å². The molecule has 0 amide bonds. The van der Waals surface area contributed by atoms with Crippen molar-refractivity contribution in [3.05, 3.63) is 22.4 Å². The molecule has 0 saturated carbocycles. The topological polar surface area (TPSA) is 107 Å². The van der Waals surface area contributed by atoms with Crippen molar-refractivity contribution < 1.29 is 5.11 Å². The average Bonchev–Trinajstić information content (AvgIpc) is 2.27. The minimum absolute atomic E-state index is 0.0234. The molecule has 0 bridgehead atoms. The fourth-order valence-corrected chi connectivity index (χ4v) is 1.56. The van der Waals surface area contributed by atoms with Gasteiger partial charge in [0.15, 0.2) is 0 Å². The van der Waals surface area contributed by atoms with Gasteiger partial charge in [0.2, 0.25) is 5.05 Å². The Morgan fingerprint density at radius 1 is 1.44 bits per heavy atom. The Morgan fingerprint density at radius 2 is 2.00 bits per heavy atom. The van der Waals surface area contributed by atoms with Crippen LogP contribution in [-0.2, 0) is 6.42 Å². The predicted molar refractivity (Wildman–Crippen MR) is 61.8 cm³/mol. The zero-order valence-corrected chi connectivity index (χ0v) is 9.30. The second kappa shape index (κ2) is 4.56. The first-order valence-electron chi connectivity index (χ1n) is 4.42. The molecular formula is C10H8N4OS. The van der Waals surface area contributed by atoms with Gasteiger partial charge in [-0.1, -0.05) is 6.92 Å². The van der Waals surface area contributed by atoms with E-state index in [4.69, 9.17) is 16.3 Å². The van der Waals surface area contributed by atoms with Crippen molar-refractivity contribution in [2.24, 2.45) is 0 Å². The summed E-state index contributed by atoms with van der Waals surface area (Å²) >= 11 is 4.57. The summed E-state index contributed by atoms with van der Waals surface area (Å²) in [5.41, 5.74) is 6.26. The van der Waals surface area contributed by atoms with Gasteiger partial charge < -0.3 is 10.8 Å². The number of nitrogens with zero attached hydrogens (tertiary/aromatic N) is 3. The monoisotopic (exact) mass is 232 g/mol. The molecule has 16 heavy (non-hydrogen) atoms. The number of aliphatic hydroxyl groups is 1. The summed E-state index contributed by atoms with van der Waals surface area (Å²) in [6.45, 7) is 1.78. The van der Waals surface area contributed by atoms with Crippen molar-refractivity contribution >= 4 is 23.1 Å². The van der Waals surface area contributed by atoms with Gasteiger partial charge >= 0.3 is 0 Å². The van der Waals surface area contributed by atoms with Gasteiger partial charge in [0.1, 0.15) is 23.7 Å². The van der Waals surface area contributed by atoms with Gasteiger partial charge in [-0.2, -0.15) is 10.5 Å². The van der Waals surface area contributed by atoms with Gasteiger partial charge in [0, 0.05) is 0 Å². The third kappa shape index (κ3) is 1.79. The number of nitrogen functional groups attached to an aromatic ring is 1. The number of nitriles is 2. The van der Waals surface area contributed by atoms with Crippen molar-refractivity contribution in [2.45, 2.75) is 13.3 Å². The Kier molecular flexibility index (Phi) is 3.39. The van der Waals surface area contributed by atoms with E-state index in [2.05, 4.69) is 17.2 Å². The van der Waals surface area contributed by atoms with E-state index in [1.807, 2.05) is 12.1 Å². The van der Waals surface area contributed by atoms with Crippen LogP contribution in [0.4, 0.5) is 5.82 Å². The number of aromatic nitrogens is 1. The first-order chi connectivity index (χ1) is 7.56. The maximum atomic E-state index is 9.22. The molecule has 0 spiro atoms. The average molecular weight is 232 g/mol. The van der Waals surface area contributed by atoms with Crippen LogP contribution in [0.1, 0.15) is 29.3 Å². The Balaban J connectivity index is 3.74. The number of pyridine rings is 1. The second-order valence-electron chi connectivity index (χ2n) is 2.96. The first kappa shape index (κ1) is 11.9. The minimum atomic E-state index is -0.498. The van der Waals surface area contributed by atoms with E-state index in [1.165, 1.54) is 0 Å². The first-order valence-corrected chi connectivity index (χ1v) is 4.83. The van der Waals surface area contributed by atoms with Crippen LogP contribution in [-0.4, -0.2) is 15.1 Å².